The highest BCUT2D eigenvalue weighted by molar-refractivity contribution is 6.00. The Kier molecular flexibility index (Phi) is 5.80. The third kappa shape index (κ3) is 4.37. The van der Waals surface area contributed by atoms with Gasteiger partial charge in [0.05, 0.1) is 24.1 Å². The van der Waals surface area contributed by atoms with E-state index in [9.17, 15) is 9.59 Å². The Morgan fingerprint density at radius 1 is 1.32 bits per heavy atom. The highest BCUT2D eigenvalue weighted by Gasteiger charge is 2.15. The van der Waals surface area contributed by atoms with Crippen molar-refractivity contribution in [2.24, 2.45) is 11.0 Å². The van der Waals surface area contributed by atoms with Crippen LogP contribution in [0.2, 0.25) is 0 Å². The molecule has 0 aliphatic carbocycles. The number of hydrogen-bond donors (Lipinski definition) is 2. The van der Waals surface area contributed by atoms with E-state index in [1.807, 2.05) is 13.8 Å². The van der Waals surface area contributed by atoms with E-state index in [0.29, 0.717) is 34.8 Å². The van der Waals surface area contributed by atoms with Gasteiger partial charge in [0.1, 0.15) is 5.75 Å². The fraction of sp³-hybridized carbons (Fsp3) is 0.389. The van der Waals surface area contributed by atoms with Crippen molar-refractivity contribution in [3.63, 3.8) is 0 Å². The minimum absolute atomic E-state index is 0.169. The van der Waals surface area contributed by atoms with E-state index in [2.05, 4.69) is 15.6 Å². The van der Waals surface area contributed by atoms with E-state index >= 15 is 0 Å². The fourth-order valence-electron chi connectivity index (χ4n) is 2.50. The quantitative estimate of drug-likeness (QED) is 0.623. The molecule has 0 atom stereocenters. The molecular weight excluding hydrogens is 320 g/mol. The summed E-state index contributed by atoms with van der Waals surface area (Å²) in [6, 6.07) is 7.14. The van der Waals surface area contributed by atoms with E-state index in [1.165, 1.54) is 4.68 Å². The van der Waals surface area contributed by atoms with Crippen LogP contribution in [0.3, 0.4) is 0 Å². The molecule has 2 N–H and O–H groups in total. The van der Waals surface area contributed by atoms with Gasteiger partial charge < -0.3 is 4.74 Å². The van der Waals surface area contributed by atoms with Crippen LogP contribution < -0.4 is 15.7 Å². The lowest BCUT2D eigenvalue weighted by atomic mass is 10.1. The molecule has 7 heteroatoms. The van der Waals surface area contributed by atoms with Gasteiger partial charge in [0, 0.05) is 12.1 Å². The maximum Gasteiger partial charge on any atom is 0.280 e. The maximum absolute atomic E-state index is 12.7. The average Bonchev–Trinajstić information content (AvgIpc) is 2.87. The molecule has 0 spiro atoms. The van der Waals surface area contributed by atoms with Crippen LogP contribution in [0.15, 0.2) is 34.2 Å². The second-order valence-corrected chi connectivity index (χ2v) is 6.28. The van der Waals surface area contributed by atoms with E-state index in [0.717, 1.165) is 0 Å². The van der Waals surface area contributed by atoms with E-state index in [-0.39, 0.29) is 17.4 Å². The van der Waals surface area contributed by atoms with Crippen LogP contribution in [-0.4, -0.2) is 28.5 Å². The fourth-order valence-corrected chi connectivity index (χ4v) is 2.50. The largest absolute Gasteiger partial charge is 0.497 e. The topological polar surface area (TPSA) is 88.5 Å². The van der Waals surface area contributed by atoms with Crippen molar-refractivity contribution in [1.29, 1.82) is 0 Å². The highest BCUT2D eigenvalue weighted by atomic mass is 16.5. The maximum atomic E-state index is 12.7. The summed E-state index contributed by atoms with van der Waals surface area (Å²) in [7, 11) is 1.59. The Labute approximate surface area is 146 Å². The summed E-state index contributed by atoms with van der Waals surface area (Å²) < 4.78 is 6.57. The first-order valence-corrected chi connectivity index (χ1v) is 8.13. The van der Waals surface area contributed by atoms with Gasteiger partial charge in [0.15, 0.2) is 0 Å². The number of hydrogen-bond acceptors (Lipinski definition) is 4. The van der Waals surface area contributed by atoms with Gasteiger partial charge in [-0.3, -0.25) is 14.7 Å². The van der Waals surface area contributed by atoms with Gasteiger partial charge in [-0.1, -0.05) is 13.8 Å². The Morgan fingerprint density at radius 2 is 1.96 bits per heavy atom. The van der Waals surface area contributed by atoms with Crippen molar-refractivity contribution >= 4 is 11.6 Å². The summed E-state index contributed by atoms with van der Waals surface area (Å²) in [5, 5.41) is 7.10. The Bertz CT molecular complexity index is 829. The van der Waals surface area contributed by atoms with Gasteiger partial charge in [-0.25, -0.2) is 10.1 Å². The number of nitrogens with one attached hydrogen (secondary N) is 2. The lowest BCUT2D eigenvalue weighted by Crippen LogP contribution is -2.24. The summed E-state index contributed by atoms with van der Waals surface area (Å²) in [5.74, 6) is 0.792. The molecule has 2 aromatic rings. The standard InChI is InChI=1S/C18H24N4O3/c1-11(2)10-16(23)20-19-12(3)17-13(4)21-22(18(17)24)14-6-8-15(25-5)9-7-14/h6-9,11,21H,10H2,1-5H3,(H,20,23). The van der Waals surface area contributed by atoms with Crippen LogP contribution in [-0.2, 0) is 4.79 Å². The first-order chi connectivity index (χ1) is 11.8. The molecule has 0 radical (unpaired) electrons. The predicted molar refractivity (Wildman–Crippen MR) is 97.5 cm³/mol. The van der Waals surface area contributed by atoms with Crippen LogP contribution in [0.4, 0.5) is 0 Å². The van der Waals surface area contributed by atoms with Crippen molar-refractivity contribution in [3.05, 3.63) is 45.9 Å². The van der Waals surface area contributed by atoms with Crippen molar-refractivity contribution in [3.8, 4) is 11.4 Å². The molecule has 1 amide bonds. The number of benzene rings is 1. The van der Waals surface area contributed by atoms with Gasteiger partial charge in [0.2, 0.25) is 5.91 Å². The molecule has 1 aromatic heterocycles. The number of aryl methyl sites for hydroxylation is 1. The molecule has 1 heterocycles. The van der Waals surface area contributed by atoms with Crippen molar-refractivity contribution in [1.82, 2.24) is 15.2 Å². The average molecular weight is 344 g/mol. The minimum atomic E-state index is -0.220. The number of aromatic amines is 1. The Hall–Kier alpha value is -2.83. The molecule has 0 saturated carbocycles. The molecule has 0 unspecified atom stereocenters. The second-order valence-electron chi connectivity index (χ2n) is 6.28. The monoisotopic (exact) mass is 344 g/mol. The molecule has 1 aromatic carbocycles. The molecular formula is C18H24N4O3. The number of rotatable bonds is 6. The van der Waals surface area contributed by atoms with Crippen LogP contribution in [0.1, 0.15) is 38.4 Å². The van der Waals surface area contributed by atoms with E-state index < -0.39 is 0 Å². The molecule has 2 rings (SSSR count). The summed E-state index contributed by atoms with van der Waals surface area (Å²) >= 11 is 0. The predicted octanol–water partition coefficient (Wildman–Crippen LogP) is 2.37. The third-order valence-corrected chi connectivity index (χ3v) is 3.71. The summed E-state index contributed by atoms with van der Waals surface area (Å²) in [6.07, 6.45) is 0.388. The molecule has 0 saturated heterocycles. The van der Waals surface area contributed by atoms with Gasteiger partial charge in [-0.05, 0) is 44.0 Å². The molecule has 7 nitrogen and oxygen atoms in total. The van der Waals surface area contributed by atoms with Crippen molar-refractivity contribution in [2.75, 3.05) is 7.11 Å². The zero-order chi connectivity index (χ0) is 18.6. The molecule has 0 fully saturated rings. The number of carbonyl (C=O) groups is 1. The number of methoxy groups -OCH3 is 1. The minimum Gasteiger partial charge on any atom is -0.497 e. The first-order valence-electron chi connectivity index (χ1n) is 8.13. The molecule has 0 aliphatic heterocycles. The Balaban J connectivity index is 2.29. The molecule has 25 heavy (non-hydrogen) atoms. The normalized spacial score (nSPS) is 11.7. The number of ether oxygens (including phenoxy) is 1. The lowest BCUT2D eigenvalue weighted by Gasteiger charge is -2.04. The zero-order valence-corrected chi connectivity index (χ0v) is 15.2. The number of amides is 1. The second kappa shape index (κ2) is 7.83. The third-order valence-electron chi connectivity index (χ3n) is 3.71. The number of nitrogens with zero attached hydrogens (tertiary/aromatic N) is 2. The number of carbonyl (C=O) groups excluding carboxylic acids is 1. The van der Waals surface area contributed by atoms with Crippen LogP contribution in [0.25, 0.3) is 5.69 Å². The van der Waals surface area contributed by atoms with Crippen molar-refractivity contribution < 1.29 is 9.53 Å². The summed E-state index contributed by atoms with van der Waals surface area (Å²) in [4.78, 5) is 24.4. The highest BCUT2D eigenvalue weighted by Crippen LogP contribution is 2.14. The Morgan fingerprint density at radius 3 is 2.52 bits per heavy atom. The number of H-pyrrole nitrogens is 1. The SMILES string of the molecule is COc1ccc(-n2[nH]c(C)c(C(C)=NNC(=O)CC(C)C)c2=O)cc1. The van der Waals surface area contributed by atoms with Gasteiger partial charge in [0.25, 0.3) is 5.56 Å². The van der Waals surface area contributed by atoms with Gasteiger partial charge in [-0.15, -0.1) is 0 Å². The van der Waals surface area contributed by atoms with Gasteiger partial charge in [-0.2, -0.15) is 5.10 Å². The van der Waals surface area contributed by atoms with Crippen molar-refractivity contribution in [2.45, 2.75) is 34.1 Å². The molecule has 0 aliphatic rings. The van der Waals surface area contributed by atoms with Crippen LogP contribution >= 0.6 is 0 Å². The molecule has 0 bridgehead atoms. The first kappa shape index (κ1) is 18.5. The van der Waals surface area contributed by atoms with E-state index in [1.54, 1.807) is 45.2 Å². The summed E-state index contributed by atoms with van der Waals surface area (Å²) in [6.45, 7) is 7.41. The number of aromatic nitrogens is 2. The number of hydrazone groups is 1. The van der Waals surface area contributed by atoms with E-state index in [4.69, 9.17) is 4.74 Å². The summed E-state index contributed by atoms with van der Waals surface area (Å²) in [5.41, 5.74) is 4.56. The van der Waals surface area contributed by atoms with Crippen LogP contribution in [0, 0.1) is 12.8 Å². The lowest BCUT2D eigenvalue weighted by molar-refractivity contribution is -0.121. The van der Waals surface area contributed by atoms with Crippen LogP contribution in [0.5, 0.6) is 5.75 Å². The van der Waals surface area contributed by atoms with Gasteiger partial charge >= 0.3 is 0 Å². The zero-order valence-electron chi connectivity index (χ0n) is 15.2. The molecule has 134 valence electrons. The smallest absolute Gasteiger partial charge is 0.280 e.